The lowest BCUT2D eigenvalue weighted by Crippen LogP contribution is -2.34. The van der Waals surface area contributed by atoms with Crippen molar-refractivity contribution >= 4 is 5.97 Å². The summed E-state index contributed by atoms with van der Waals surface area (Å²) in [7, 11) is 0. The van der Waals surface area contributed by atoms with Crippen LogP contribution in [0.5, 0.6) is 11.5 Å². The van der Waals surface area contributed by atoms with Gasteiger partial charge in [0.15, 0.2) is 0 Å². The Morgan fingerprint density at radius 1 is 1.03 bits per heavy atom. The van der Waals surface area contributed by atoms with Crippen molar-refractivity contribution in [2.24, 2.45) is 11.8 Å². The van der Waals surface area contributed by atoms with E-state index in [9.17, 15) is 9.90 Å². The first-order valence-corrected chi connectivity index (χ1v) is 14.1. The summed E-state index contributed by atoms with van der Waals surface area (Å²) in [6.07, 6.45) is 4.94. The molecule has 1 saturated carbocycles. The Morgan fingerprint density at radius 2 is 1.66 bits per heavy atom. The minimum atomic E-state index is -0.896. The lowest BCUT2D eigenvalue weighted by molar-refractivity contribution is -0.142. The molecule has 5 nitrogen and oxygen atoms in total. The molecule has 0 aliphatic heterocycles. The number of carbonyl (C=O) groups excluding carboxylic acids is 1. The van der Waals surface area contributed by atoms with Crippen LogP contribution in [0.2, 0.25) is 0 Å². The maximum atomic E-state index is 11.5. The summed E-state index contributed by atoms with van der Waals surface area (Å²) >= 11 is 0. The van der Waals surface area contributed by atoms with Gasteiger partial charge in [0.05, 0.1) is 6.61 Å². The molecule has 1 aliphatic carbocycles. The Bertz CT molecular complexity index is 1020. The third kappa shape index (κ3) is 8.10. The number of aliphatic hydroxyl groups excluding tert-OH is 1. The number of aliphatic hydroxyl groups is 1. The van der Waals surface area contributed by atoms with Crippen LogP contribution in [0.3, 0.4) is 0 Å². The van der Waals surface area contributed by atoms with Gasteiger partial charge in [-0.2, -0.15) is 0 Å². The molecule has 2 aromatic rings. The van der Waals surface area contributed by atoms with Crippen LogP contribution in [0, 0.1) is 11.8 Å². The molecule has 0 saturated heterocycles. The predicted octanol–water partition coefficient (Wildman–Crippen LogP) is 7.22. The topological polar surface area (TPSA) is 65.0 Å². The van der Waals surface area contributed by atoms with Gasteiger partial charge in [-0.25, -0.2) is 4.79 Å². The van der Waals surface area contributed by atoms with Gasteiger partial charge in [-0.05, 0) is 91.2 Å². The van der Waals surface area contributed by atoms with Gasteiger partial charge in [-0.15, -0.1) is 0 Å². The van der Waals surface area contributed by atoms with E-state index in [4.69, 9.17) is 14.2 Å². The van der Waals surface area contributed by atoms with E-state index in [1.54, 1.807) is 6.92 Å². The zero-order valence-electron chi connectivity index (χ0n) is 23.9. The number of rotatable bonds is 13. The quantitative estimate of drug-likeness (QED) is 0.171. The fourth-order valence-electron chi connectivity index (χ4n) is 5.34. The molecule has 1 fully saturated rings. The van der Waals surface area contributed by atoms with E-state index in [1.165, 1.54) is 24.0 Å². The number of hydrogen-bond acceptors (Lipinski definition) is 5. The van der Waals surface area contributed by atoms with Crippen molar-refractivity contribution in [3.63, 3.8) is 0 Å². The van der Waals surface area contributed by atoms with Gasteiger partial charge >= 0.3 is 5.97 Å². The second-order valence-corrected chi connectivity index (χ2v) is 11.5. The van der Waals surface area contributed by atoms with Crippen molar-refractivity contribution in [2.45, 2.75) is 84.2 Å². The summed E-state index contributed by atoms with van der Waals surface area (Å²) in [6, 6.07) is 17.0. The highest BCUT2D eigenvalue weighted by Gasteiger charge is 2.38. The van der Waals surface area contributed by atoms with E-state index < -0.39 is 12.1 Å². The summed E-state index contributed by atoms with van der Waals surface area (Å²) in [4.78, 5) is 11.5. The normalized spacial score (nSPS) is 20.4. The summed E-state index contributed by atoms with van der Waals surface area (Å²) in [5.74, 6) is 2.91. The average molecular weight is 523 g/mol. The standard InChI is InChI=1S/C33H46O5/c1-7-8-19-36-29-15-10-25(11-16-29)31-20-27(12-9-24(31)4)33(5,6)26-13-17-30(18-14-26)37-21-28(34)22-38-32(35)23(2)3/h10-11,13-18,24,27-28,31,34H,2,7-9,12,19-22H2,1,3-6H3. The van der Waals surface area contributed by atoms with Crippen molar-refractivity contribution < 1.29 is 24.1 Å². The summed E-state index contributed by atoms with van der Waals surface area (Å²) < 4.78 is 16.6. The Morgan fingerprint density at radius 3 is 2.29 bits per heavy atom. The molecule has 208 valence electrons. The Kier molecular flexibility index (Phi) is 10.8. The summed E-state index contributed by atoms with van der Waals surface area (Å²) in [5, 5.41) is 10.1. The molecule has 5 heteroatoms. The third-order valence-electron chi connectivity index (χ3n) is 8.09. The molecule has 0 spiro atoms. The lowest BCUT2D eigenvalue weighted by Gasteiger charge is -2.43. The maximum Gasteiger partial charge on any atom is 0.333 e. The molecule has 4 unspecified atom stereocenters. The molecule has 0 radical (unpaired) electrons. The number of carbonyl (C=O) groups is 1. The van der Waals surface area contributed by atoms with Gasteiger partial charge in [0.25, 0.3) is 0 Å². The van der Waals surface area contributed by atoms with Crippen molar-refractivity contribution in [1.29, 1.82) is 0 Å². The number of esters is 1. The van der Waals surface area contributed by atoms with Crippen LogP contribution in [0.1, 0.15) is 83.8 Å². The first kappa shape index (κ1) is 29.8. The molecule has 0 aromatic heterocycles. The molecule has 38 heavy (non-hydrogen) atoms. The Balaban J connectivity index is 1.58. The lowest BCUT2D eigenvalue weighted by atomic mass is 9.62. The van der Waals surface area contributed by atoms with E-state index in [0.29, 0.717) is 29.1 Å². The largest absolute Gasteiger partial charge is 0.494 e. The highest BCUT2D eigenvalue weighted by molar-refractivity contribution is 5.86. The minimum absolute atomic E-state index is 0.0242. The minimum Gasteiger partial charge on any atom is -0.494 e. The van der Waals surface area contributed by atoms with Crippen molar-refractivity contribution in [2.75, 3.05) is 19.8 Å². The maximum absolute atomic E-state index is 11.5. The molecule has 2 aromatic carbocycles. The Hall–Kier alpha value is -2.79. The fourth-order valence-corrected chi connectivity index (χ4v) is 5.34. The first-order valence-electron chi connectivity index (χ1n) is 14.1. The van der Waals surface area contributed by atoms with Crippen LogP contribution in [0.15, 0.2) is 60.7 Å². The van der Waals surface area contributed by atoms with E-state index >= 15 is 0 Å². The van der Waals surface area contributed by atoms with Gasteiger partial charge in [0.2, 0.25) is 0 Å². The van der Waals surface area contributed by atoms with Crippen molar-refractivity contribution in [1.82, 2.24) is 0 Å². The second-order valence-electron chi connectivity index (χ2n) is 11.5. The highest BCUT2D eigenvalue weighted by Crippen LogP contribution is 2.48. The van der Waals surface area contributed by atoms with Crippen LogP contribution in [-0.2, 0) is 14.9 Å². The number of benzene rings is 2. The molecular weight excluding hydrogens is 476 g/mol. The number of unbranched alkanes of at least 4 members (excludes halogenated alkanes) is 1. The summed E-state index contributed by atoms with van der Waals surface area (Å²) in [5.41, 5.74) is 3.03. The zero-order chi connectivity index (χ0) is 27.7. The first-order chi connectivity index (χ1) is 18.1. The molecule has 0 amide bonds. The molecule has 0 bridgehead atoms. The summed E-state index contributed by atoms with van der Waals surface area (Å²) in [6.45, 7) is 15.1. The third-order valence-corrected chi connectivity index (χ3v) is 8.09. The zero-order valence-corrected chi connectivity index (χ0v) is 23.9. The van der Waals surface area contributed by atoms with E-state index in [2.05, 4.69) is 70.7 Å². The second kappa shape index (κ2) is 13.8. The van der Waals surface area contributed by atoms with Crippen LogP contribution in [-0.4, -0.2) is 37.0 Å². The van der Waals surface area contributed by atoms with Gasteiger partial charge in [-0.3, -0.25) is 0 Å². The monoisotopic (exact) mass is 522 g/mol. The van der Waals surface area contributed by atoms with Crippen molar-refractivity contribution in [3.8, 4) is 11.5 Å². The molecular formula is C33H46O5. The number of hydrogen-bond donors (Lipinski definition) is 1. The molecule has 4 atom stereocenters. The number of ether oxygens (including phenoxy) is 3. The van der Waals surface area contributed by atoms with Gasteiger partial charge < -0.3 is 19.3 Å². The Labute approximate surface area is 229 Å². The van der Waals surface area contributed by atoms with Gasteiger partial charge in [0, 0.05) is 5.57 Å². The van der Waals surface area contributed by atoms with Crippen LogP contribution >= 0.6 is 0 Å². The molecule has 1 aliphatic rings. The van der Waals surface area contributed by atoms with E-state index in [1.807, 2.05) is 12.1 Å². The molecule has 0 heterocycles. The molecule has 3 rings (SSSR count). The SMILES string of the molecule is C=C(C)C(=O)OCC(O)COc1ccc(C(C)(C)C2CCC(C)C(c3ccc(OCCCC)cc3)C2)cc1. The fraction of sp³-hybridized carbons (Fsp3) is 0.545. The average Bonchev–Trinajstić information content (AvgIpc) is 2.91. The van der Waals surface area contributed by atoms with Crippen LogP contribution in [0.4, 0.5) is 0 Å². The smallest absolute Gasteiger partial charge is 0.333 e. The van der Waals surface area contributed by atoms with E-state index in [-0.39, 0.29) is 18.6 Å². The van der Waals surface area contributed by atoms with Crippen LogP contribution in [0.25, 0.3) is 0 Å². The van der Waals surface area contributed by atoms with Gasteiger partial charge in [0.1, 0.15) is 30.8 Å². The van der Waals surface area contributed by atoms with E-state index in [0.717, 1.165) is 31.6 Å². The van der Waals surface area contributed by atoms with Crippen molar-refractivity contribution in [3.05, 3.63) is 71.8 Å². The van der Waals surface area contributed by atoms with Crippen LogP contribution < -0.4 is 9.47 Å². The molecule has 1 N–H and O–H groups in total. The highest BCUT2D eigenvalue weighted by atomic mass is 16.5. The predicted molar refractivity (Wildman–Crippen MR) is 153 cm³/mol. The van der Waals surface area contributed by atoms with Gasteiger partial charge in [-0.1, -0.05) is 65.0 Å².